The third-order valence-electron chi connectivity index (χ3n) is 2.82. The van der Waals surface area contributed by atoms with Gasteiger partial charge in [0.2, 0.25) is 0 Å². The molecule has 2 N–H and O–H groups in total. The predicted octanol–water partition coefficient (Wildman–Crippen LogP) is 3.38. The van der Waals surface area contributed by atoms with Crippen LogP contribution < -0.4 is 5.73 Å². The first-order valence-electron chi connectivity index (χ1n) is 6.46. The van der Waals surface area contributed by atoms with Gasteiger partial charge >= 0.3 is 0 Å². The van der Waals surface area contributed by atoms with Crippen molar-refractivity contribution < 1.29 is 4.74 Å². The molecular weight excluding hydrogens is 234 g/mol. The fourth-order valence-corrected chi connectivity index (χ4v) is 1.84. The maximum Gasteiger partial charge on any atom is 0.0721 e. The Morgan fingerprint density at radius 1 is 0.947 bits per heavy atom. The maximum absolute atomic E-state index is 5.61. The highest BCUT2D eigenvalue weighted by Gasteiger charge is 1.94. The van der Waals surface area contributed by atoms with Gasteiger partial charge in [-0.2, -0.15) is 0 Å². The third kappa shape index (κ3) is 4.70. The molecule has 0 unspecified atom stereocenters. The Bertz CT molecular complexity index is 520. The van der Waals surface area contributed by atoms with Crippen molar-refractivity contribution in [3.63, 3.8) is 0 Å². The zero-order chi connectivity index (χ0) is 13.3. The summed E-state index contributed by atoms with van der Waals surface area (Å²) in [5, 5.41) is 0. The number of ether oxygens (including phenoxy) is 1. The molecule has 2 nitrogen and oxygen atoms in total. The molecule has 0 saturated heterocycles. The van der Waals surface area contributed by atoms with Gasteiger partial charge in [-0.15, -0.1) is 0 Å². The molecule has 0 fully saturated rings. The number of nitrogens with two attached hydrogens (primary N) is 1. The van der Waals surface area contributed by atoms with E-state index < -0.39 is 0 Å². The molecule has 0 aromatic heterocycles. The highest BCUT2D eigenvalue weighted by atomic mass is 16.5. The summed E-state index contributed by atoms with van der Waals surface area (Å²) in [5.41, 5.74) is 9.10. The SMILES string of the molecule is NCc1cccc(COCC=Cc2ccccc2)c1. The molecule has 0 aliphatic rings. The van der Waals surface area contributed by atoms with Gasteiger partial charge in [0.15, 0.2) is 0 Å². The Morgan fingerprint density at radius 2 is 1.74 bits per heavy atom. The molecule has 0 atom stereocenters. The van der Waals surface area contributed by atoms with Crippen molar-refractivity contribution in [3.05, 3.63) is 77.4 Å². The van der Waals surface area contributed by atoms with Crippen LogP contribution in [0, 0.1) is 0 Å². The lowest BCUT2D eigenvalue weighted by atomic mass is 10.1. The van der Waals surface area contributed by atoms with Crippen molar-refractivity contribution in [2.24, 2.45) is 5.73 Å². The first-order valence-corrected chi connectivity index (χ1v) is 6.46. The predicted molar refractivity (Wildman–Crippen MR) is 79.5 cm³/mol. The quantitative estimate of drug-likeness (QED) is 0.801. The summed E-state index contributed by atoms with van der Waals surface area (Å²) in [4.78, 5) is 0. The van der Waals surface area contributed by atoms with Gasteiger partial charge < -0.3 is 10.5 Å². The van der Waals surface area contributed by atoms with Gasteiger partial charge in [0, 0.05) is 6.54 Å². The van der Waals surface area contributed by atoms with Crippen LogP contribution in [0.3, 0.4) is 0 Å². The molecule has 0 radical (unpaired) electrons. The van der Waals surface area contributed by atoms with Crippen LogP contribution in [0.25, 0.3) is 6.08 Å². The van der Waals surface area contributed by atoms with Gasteiger partial charge in [0.1, 0.15) is 0 Å². The summed E-state index contributed by atoms with van der Waals surface area (Å²) in [6.07, 6.45) is 4.10. The van der Waals surface area contributed by atoms with Crippen LogP contribution in [0.2, 0.25) is 0 Å². The molecule has 2 aromatic rings. The number of hydrogen-bond acceptors (Lipinski definition) is 2. The maximum atomic E-state index is 5.61. The van der Waals surface area contributed by atoms with Crippen LogP contribution in [0.5, 0.6) is 0 Å². The third-order valence-corrected chi connectivity index (χ3v) is 2.82. The molecule has 0 aliphatic carbocycles. The summed E-state index contributed by atoms with van der Waals surface area (Å²) in [6, 6.07) is 18.4. The van der Waals surface area contributed by atoms with Crippen LogP contribution in [-0.2, 0) is 17.9 Å². The topological polar surface area (TPSA) is 35.2 Å². The molecule has 0 bridgehead atoms. The smallest absolute Gasteiger partial charge is 0.0721 e. The zero-order valence-corrected chi connectivity index (χ0v) is 11.0. The summed E-state index contributed by atoms with van der Waals surface area (Å²) in [6.45, 7) is 1.80. The van der Waals surface area contributed by atoms with Crippen molar-refractivity contribution in [1.29, 1.82) is 0 Å². The molecule has 0 saturated carbocycles. The van der Waals surface area contributed by atoms with Crippen molar-refractivity contribution >= 4 is 6.08 Å². The minimum absolute atomic E-state index is 0.571. The highest BCUT2D eigenvalue weighted by Crippen LogP contribution is 2.06. The van der Waals surface area contributed by atoms with E-state index in [9.17, 15) is 0 Å². The second-order valence-electron chi connectivity index (χ2n) is 4.35. The molecule has 0 aliphatic heterocycles. The van der Waals surface area contributed by atoms with E-state index in [-0.39, 0.29) is 0 Å². The van der Waals surface area contributed by atoms with Crippen molar-refractivity contribution in [2.75, 3.05) is 6.61 Å². The molecule has 0 heterocycles. The number of hydrogen-bond donors (Lipinski definition) is 1. The van der Waals surface area contributed by atoms with E-state index in [0.29, 0.717) is 19.8 Å². The second-order valence-corrected chi connectivity index (χ2v) is 4.35. The van der Waals surface area contributed by atoms with Gasteiger partial charge in [-0.1, -0.05) is 66.7 Å². The molecule has 2 heteroatoms. The van der Waals surface area contributed by atoms with Crippen LogP contribution in [0.1, 0.15) is 16.7 Å². The molecule has 19 heavy (non-hydrogen) atoms. The summed E-state index contributed by atoms with van der Waals surface area (Å²) >= 11 is 0. The largest absolute Gasteiger partial charge is 0.373 e. The van der Waals surface area contributed by atoms with E-state index in [1.807, 2.05) is 36.4 Å². The highest BCUT2D eigenvalue weighted by molar-refractivity contribution is 5.48. The van der Waals surface area contributed by atoms with Gasteiger partial charge in [-0.05, 0) is 16.7 Å². The summed E-state index contributed by atoms with van der Waals surface area (Å²) < 4.78 is 5.61. The monoisotopic (exact) mass is 253 g/mol. The van der Waals surface area contributed by atoms with E-state index in [4.69, 9.17) is 10.5 Å². The molecule has 0 spiro atoms. The van der Waals surface area contributed by atoms with Crippen LogP contribution in [0.15, 0.2) is 60.7 Å². The van der Waals surface area contributed by atoms with Gasteiger partial charge in [-0.25, -0.2) is 0 Å². The normalized spacial score (nSPS) is 11.0. The Labute approximate surface area is 114 Å². The van der Waals surface area contributed by atoms with Crippen LogP contribution in [0.4, 0.5) is 0 Å². The second kappa shape index (κ2) is 7.52. The minimum Gasteiger partial charge on any atom is -0.373 e. The fraction of sp³-hybridized carbons (Fsp3) is 0.176. The van der Waals surface area contributed by atoms with Crippen molar-refractivity contribution in [1.82, 2.24) is 0 Å². The standard InChI is InChI=1S/C17H19NO/c18-13-16-8-4-9-17(12-16)14-19-11-5-10-15-6-2-1-3-7-15/h1-10,12H,11,13-14,18H2. The lowest BCUT2D eigenvalue weighted by Gasteiger charge is -2.03. The first kappa shape index (κ1) is 13.5. The Morgan fingerprint density at radius 3 is 2.53 bits per heavy atom. The van der Waals surface area contributed by atoms with Crippen molar-refractivity contribution in [3.8, 4) is 0 Å². The van der Waals surface area contributed by atoms with Gasteiger partial charge in [0.05, 0.1) is 13.2 Å². The lowest BCUT2D eigenvalue weighted by Crippen LogP contribution is -1.98. The summed E-state index contributed by atoms with van der Waals surface area (Å²) in [7, 11) is 0. The Hall–Kier alpha value is -1.90. The van der Waals surface area contributed by atoms with Crippen LogP contribution >= 0.6 is 0 Å². The summed E-state index contributed by atoms with van der Waals surface area (Å²) in [5.74, 6) is 0. The fourth-order valence-electron chi connectivity index (χ4n) is 1.84. The van der Waals surface area contributed by atoms with Gasteiger partial charge in [0.25, 0.3) is 0 Å². The number of rotatable bonds is 6. The Kier molecular flexibility index (Phi) is 5.35. The zero-order valence-electron chi connectivity index (χ0n) is 11.0. The van der Waals surface area contributed by atoms with E-state index >= 15 is 0 Å². The average Bonchev–Trinajstić information content (AvgIpc) is 2.48. The molecule has 2 rings (SSSR count). The first-order chi connectivity index (χ1) is 9.38. The average molecular weight is 253 g/mol. The van der Waals surface area contributed by atoms with E-state index in [1.165, 1.54) is 5.56 Å². The lowest BCUT2D eigenvalue weighted by molar-refractivity contribution is 0.149. The van der Waals surface area contributed by atoms with E-state index in [2.05, 4.69) is 30.3 Å². The van der Waals surface area contributed by atoms with E-state index in [1.54, 1.807) is 0 Å². The van der Waals surface area contributed by atoms with Gasteiger partial charge in [-0.3, -0.25) is 0 Å². The molecule has 0 amide bonds. The molecule has 98 valence electrons. The van der Waals surface area contributed by atoms with Crippen molar-refractivity contribution in [2.45, 2.75) is 13.2 Å². The molecule has 2 aromatic carbocycles. The molecular formula is C17H19NO. The van der Waals surface area contributed by atoms with E-state index in [0.717, 1.165) is 11.1 Å². The Balaban J connectivity index is 1.76. The minimum atomic E-state index is 0.571. The number of benzene rings is 2. The van der Waals surface area contributed by atoms with Crippen LogP contribution in [-0.4, -0.2) is 6.61 Å².